The maximum absolute atomic E-state index is 11.7. The van der Waals surface area contributed by atoms with Crippen LogP contribution in [0.15, 0.2) is 17.0 Å². The molecule has 15 heavy (non-hydrogen) atoms. The zero-order valence-corrected chi connectivity index (χ0v) is 9.36. The zero-order valence-electron chi connectivity index (χ0n) is 9.36. The van der Waals surface area contributed by atoms with Crippen molar-refractivity contribution in [2.75, 3.05) is 13.6 Å². The Morgan fingerprint density at radius 2 is 2.47 bits per heavy atom. The molecule has 1 N–H and O–H groups in total. The molecule has 1 aromatic heterocycles. The molecule has 1 amide bonds. The van der Waals surface area contributed by atoms with Gasteiger partial charge in [0.1, 0.15) is 5.76 Å². The summed E-state index contributed by atoms with van der Waals surface area (Å²) in [6.07, 6.45) is 3.01. The molecule has 0 saturated carbocycles. The average molecular weight is 211 g/mol. The van der Waals surface area contributed by atoms with Crippen LogP contribution in [0, 0.1) is 0 Å². The van der Waals surface area contributed by atoms with Gasteiger partial charge in [0.05, 0.1) is 18.8 Å². The largest absolute Gasteiger partial charge is 0.447 e. The third-order valence-electron chi connectivity index (χ3n) is 2.29. The number of nitrogens with one attached hydrogen (secondary N) is 1. The Balaban J connectivity index is 2.35. The van der Waals surface area contributed by atoms with Crippen LogP contribution >= 0.6 is 0 Å². The summed E-state index contributed by atoms with van der Waals surface area (Å²) >= 11 is 0. The Hall–Kier alpha value is -1.36. The summed E-state index contributed by atoms with van der Waals surface area (Å²) in [6, 6.07) is -0.208. The van der Waals surface area contributed by atoms with Crippen molar-refractivity contribution in [3.8, 4) is 0 Å². The molecule has 0 fully saturated rings. The van der Waals surface area contributed by atoms with Gasteiger partial charge in [-0.1, -0.05) is 0 Å². The normalized spacial score (nSPS) is 12.5. The molecule has 5 nitrogen and oxygen atoms in total. The molecule has 5 heteroatoms. The van der Waals surface area contributed by atoms with Crippen molar-refractivity contribution in [1.29, 1.82) is 0 Å². The third-order valence-corrected chi connectivity index (χ3v) is 2.29. The molecule has 0 bridgehead atoms. The van der Waals surface area contributed by atoms with Crippen molar-refractivity contribution in [2.24, 2.45) is 0 Å². The van der Waals surface area contributed by atoms with E-state index in [1.54, 1.807) is 18.1 Å². The lowest BCUT2D eigenvalue weighted by molar-refractivity contribution is -0.131. The minimum Gasteiger partial charge on any atom is -0.447 e. The van der Waals surface area contributed by atoms with Gasteiger partial charge in [0.2, 0.25) is 5.91 Å². The predicted molar refractivity (Wildman–Crippen MR) is 56.1 cm³/mol. The first-order valence-electron chi connectivity index (χ1n) is 5.00. The number of amides is 1. The molecule has 0 spiro atoms. The second-order valence-electron chi connectivity index (χ2n) is 3.42. The van der Waals surface area contributed by atoms with Gasteiger partial charge in [0, 0.05) is 13.6 Å². The summed E-state index contributed by atoms with van der Waals surface area (Å²) in [4.78, 5) is 17.1. The molecule has 1 aromatic rings. The van der Waals surface area contributed by atoms with Crippen molar-refractivity contribution >= 4 is 5.91 Å². The van der Waals surface area contributed by atoms with Crippen LogP contribution < -0.4 is 5.32 Å². The van der Waals surface area contributed by atoms with E-state index in [0.29, 0.717) is 13.1 Å². The van der Waals surface area contributed by atoms with E-state index in [9.17, 15) is 4.79 Å². The first-order chi connectivity index (χ1) is 7.15. The fourth-order valence-electron chi connectivity index (χ4n) is 1.16. The Morgan fingerprint density at radius 3 is 3.00 bits per heavy atom. The topological polar surface area (TPSA) is 58.4 Å². The van der Waals surface area contributed by atoms with Gasteiger partial charge < -0.3 is 9.32 Å². The summed E-state index contributed by atoms with van der Waals surface area (Å²) < 4.78 is 5.05. The van der Waals surface area contributed by atoms with Crippen molar-refractivity contribution in [2.45, 2.75) is 26.4 Å². The third kappa shape index (κ3) is 3.36. The van der Waals surface area contributed by atoms with Crippen LogP contribution in [-0.2, 0) is 11.3 Å². The van der Waals surface area contributed by atoms with E-state index in [2.05, 4.69) is 10.3 Å². The predicted octanol–water partition coefficient (Wildman–Crippen LogP) is 0.631. The van der Waals surface area contributed by atoms with Crippen LogP contribution in [0.5, 0.6) is 0 Å². The average Bonchev–Trinajstić information content (AvgIpc) is 2.76. The highest BCUT2D eigenvalue weighted by Crippen LogP contribution is 1.98. The minimum absolute atomic E-state index is 0.0806. The number of likely N-dealkylation sites (N-methyl/N-ethyl adjacent to an activating group) is 1. The fourth-order valence-corrected chi connectivity index (χ4v) is 1.16. The number of rotatable bonds is 5. The Bertz CT molecular complexity index is 298. The van der Waals surface area contributed by atoms with Crippen molar-refractivity contribution in [3.63, 3.8) is 0 Å². The lowest BCUT2D eigenvalue weighted by atomic mass is 10.3. The summed E-state index contributed by atoms with van der Waals surface area (Å²) in [5, 5.41) is 3.08. The molecule has 0 aliphatic heterocycles. The number of aromatic nitrogens is 1. The molecular formula is C10H17N3O2. The van der Waals surface area contributed by atoms with Crippen LogP contribution in [-0.4, -0.2) is 35.4 Å². The number of nitrogens with zero attached hydrogens (tertiary/aromatic N) is 2. The van der Waals surface area contributed by atoms with E-state index >= 15 is 0 Å². The SMILES string of the molecule is CCN(C)C(=O)C(C)NCc1cnco1. The van der Waals surface area contributed by atoms with Crippen LogP contribution in [0.25, 0.3) is 0 Å². The lowest BCUT2D eigenvalue weighted by Gasteiger charge is -2.20. The monoisotopic (exact) mass is 211 g/mol. The second kappa shape index (κ2) is 5.50. The highest BCUT2D eigenvalue weighted by atomic mass is 16.3. The van der Waals surface area contributed by atoms with Gasteiger partial charge in [0.15, 0.2) is 6.39 Å². The van der Waals surface area contributed by atoms with E-state index < -0.39 is 0 Å². The van der Waals surface area contributed by atoms with Gasteiger partial charge in [0.25, 0.3) is 0 Å². The lowest BCUT2D eigenvalue weighted by Crippen LogP contribution is -2.42. The van der Waals surface area contributed by atoms with E-state index in [4.69, 9.17) is 4.42 Å². The number of hydrogen-bond acceptors (Lipinski definition) is 4. The standard InChI is InChI=1S/C10H17N3O2/c1-4-13(3)10(14)8(2)12-6-9-5-11-7-15-9/h5,7-8,12H,4,6H2,1-3H3. The molecule has 0 radical (unpaired) electrons. The zero-order chi connectivity index (χ0) is 11.3. The highest BCUT2D eigenvalue weighted by Gasteiger charge is 2.15. The molecule has 0 aliphatic carbocycles. The Labute approximate surface area is 89.5 Å². The molecule has 1 atom stereocenters. The molecular weight excluding hydrogens is 194 g/mol. The van der Waals surface area contributed by atoms with Gasteiger partial charge in [-0.15, -0.1) is 0 Å². The van der Waals surface area contributed by atoms with Gasteiger partial charge in [-0.3, -0.25) is 10.1 Å². The summed E-state index contributed by atoms with van der Waals surface area (Å²) in [5.41, 5.74) is 0. The number of oxazole rings is 1. The molecule has 1 unspecified atom stereocenters. The van der Waals surface area contributed by atoms with Crippen LogP contribution in [0.1, 0.15) is 19.6 Å². The first-order valence-corrected chi connectivity index (χ1v) is 5.00. The molecule has 0 aromatic carbocycles. The molecule has 1 rings (SSSR count). The van der Waals surface area contributed by atoms with Gasteiger partial charge in [-0.05, 0) is 13.8 Å². The maximum atomic E-state index is 11.7. The van der Waals surface area contributed by atoms with Crippen molar-refractivity contribution in [1.82, 2.24) is 15.2 Å². The van der Waals surface area contributed by atoms with Crippen LogP contribution in [0.2, 0.25) is 0 Å². The fraction of sp³-hybridized carbons (Fsp3) is 0.600. The smallest absolute Gasteiger partial charge is 0.239 e. The van der Waals surface area contributed by atoms with Crippen LogP contribution in [0.3, 0.4) is 0 Å². The molecule has 0 aliphatic rings. The quantitative estimate of drug-likeness (QED) is 0.776. The molecule has 0 saturated heterocycles. The molecule has 84 valence electrons. The first kappa shape index (κ1) is 11.7. The second-order valence-corrected chi connectivity index (χ2v) is 3.42. The minimum atomic E-state index is -0.208. The summed E-state index contributed by atoms with van der Waals surface area (Å²) in [6.45, 7) is 5.02. The number of carbonyl (C=O) groups is 1. The van der Waals surface area contributed by atoms with E-state index in [1.807, 2.05) is 13.8 Å². The van der Waals surface area contributed by atoms with E-state index in [-0.39, 0.29) is 11.9 Å². The number of carbonyl (C=O) groups excluding carboxylic acids is 1. The Morgan fingerprint density at radius 1 is 1.73 bits per heavy atom. The summed E-state index contributed by atoms with van der Waals surface area (Å²) in [5.74, 6) is 0.811. The highest BCUT2D eigenvalue weighted by molar-refractivity contribution is 5.81. The van der Waals surface area contributed by atoms with Crippen molar-refractivity contribution in [3.05, 3.63) is 18.4 Å². The Kier molecular flexibility index (Phi) is 4.30. The van der Waals surface area contributed by atoms with E-state index in [1.165, 1.54) is 6.39 Å². The maximum Gasteiger partial charge on any atom is 0.239 e. The van der Waals surface area contributed by atoms with Gasteiger partial charge in [-0.25, -0.2) is 4.98 Å². The van der Waals surface area contributed by atoms with E-state index in [0.717, 1.165) is 5.76 Å². The molecule has 1 heterocycles. The van der Waals surface area contributed by atoms with Crippen LogP contribution in [0.4, 0.5) is 0 Å². The van der Waals surface area contributed by atoms with Gasteiger partial charge >= 0.3 is 0 Å². The number of hydrogen-bond donors (Lipinski definition) is 1. The van der Waals surface area contributed by atoms with Crippen molar-refractivity contribution < 1.29 is 9.21 Å². The summed E-state index contributed by atoms with van der Waals surface area (Å²) in [7, 11) is 1.79. The van der Waals surface area contributed by atoms with Gasteiger partial charge in [-0.2, -0.15) is 0 Å².